The Labute approximate surface area is 186 Å². The maximum absolute atomic E-state index is 10.7. The van der Waals surface area contributed by atoms with Crippen LogP contribution in [0.1, 0.15) is 5.69 Å². The van der Waals surface area contributed by atoms with Gasteiger partial charge >= 0.3 is 0 Å². The molecule has 1 aliphatic heterocycles. The number of nitrogens with one attached hydrogen (secondary N) is 2. The van der Waals surface area contributed by atoms with E-state index in [1.165, 1.54) is 12.1 Å². The molecule has 2 aromatic rings. The maximum atomic E-state index is 10.7. The maximum Gasteiger partial charge on any atom is 0.269 e. The third-order valence-electron chi connectivity index (χ3n) is 4.58. The minimum absolute atomic E-state index is 0. The van der Waals surface area contributed by atoms with E-state index in [1.807, 2.05) is 6.07 Å². The molecule has 29 heavy (non-hydrogen) atoms. The summed E-state index contributed by atoms with van der Waals surface area (Å²) < 4.78 is 4.88. The first kappa shape index (κ1) is 22.9. The van der Waals surface area contributed by atoms with Crippen molar-refractivity contribution in [1.29, 1.82) is 0 Å². The molecule has 0 bridgehead atoms. The number of aliphatic imine (C=N–C) groups is 1. The highest BCUT2D eigenvalue weighted by Gasteiger charge is 2.20. The predicted octanol–water partition coefficient (Wildman–Crippen LogP) is 2.01. The molecule has 3 rings (SSSR count). The van der Waals surface area contributed by atoms with Crippen molar-refractivity contribution in [1.82, 2.24) is 20.3 Å². The van der Waals surface area contributed by atoms with E-state index in [1.54, 1.807) is 25.4 Å². The topological polar surface area (TPSA) is 112 Å². The molecule has 0 saturated carbocycles. The average molecular weight is 515 g/mol. The SMILES string of the molecule is CN=C(NCCNc1ccc([N+](=O)[O-])cc1)N1CCN(Cc2ccon2)CC1.I. The number of nitro groups is 1. The molecule has 1 aromatic heterocycles. The Kier molecular flexibility index (Phi) is 9.12. The van der Waals surface area contributed by atoms with E-state index in [0.29, 0.717) is 13.1 Å². The van der Waals surface area contributed by atoms with Gasteiger partial charge in [0, 0.05) is 76.7 Å². The van der Waals surface area contributed by atoms with Crippen molar-refractivity contribution in [2.24, 2.45) is 4.99 Å². The summed E-state index contributed by atoms with van der Waals surface area (Å²) in [6, 6.07) is 8.30. The number of rotatable bonds is 7. The fourth-order valence-corrected chi connectivity index (χ4v) is 3.08. The van der Waals surface area contributed by atoms with Crippen molar-refractivity contribution < 1.29 is 9.45 Å². The summed E-state index contributed by atoms with van der Waals surface area (Å²) >= 11 is 0. The summed E-state index contributed by atoms with van der Waals surface area (Å²) in [5.74, 6) is 0.881. The summed E-state index contributed by atoms with van der Waals surface area (Å²) in [6.45, 7) is 5.85. The Morgan fingerprint density at radius 3 is 2.52 bits per heavy atom. The van der Waals surface area contributed by atoms with Gasteiger partial charge in [0.25, 0.3) is 5.69 Å². The molecule has 0 spiro atoms. The van der Waals surface area contributed by atoms with E-state index < -0.39 is 4.92 Å². The van der Waals surface area contributed by atoms with Crippen molar-refractivity contribution in [3.8, 4) is 0 Å². The van der Waals surface area contributed by atoms with Crippen LogP contribution in [0.15, 0.2) is 46.1 Å². The molecular weight excluding hydrogens is 489 g/mol. The number of halogens is 1. The van der Waals surface area contributed by atoms with Gasteiger partial charge in [-0.05, 0) is 12.1 Å². The van der Waals surface area contributed by atoms with Crippen LogP contribution < -0.4 is 10.6 Å². The van der Waals surface area contributed by atoms with Crippen molar-refractivity contribution >= 4 is 41.3 Å². The zero-order valence-corrected chi connectivity index (χ0v) is 18.6. The van der Waals surface area contributed by atoms with Crippen molar-refractivity contribution in [3.05, 3.63) is 52.4 Å². The van der Waals surface area contributed by atoms with Crippen LogP contribution in [0.25, 0.3) is 0 Å². The minimum atomic E-state index is -0.402. The number of hydrogen-bond acceptors (Lipinski definition) is 7. The molecule has 1 aliphatic rings. The third kappa shape index (κ3) is 6.85. The van der Waals surface area contributed by atoms with Crippen LogP contribution in [0.3, 0.4) is 0 Å². The first-order chi connectivity index (χ1) is 13.7. The van der Waals surface area contributed by atoms with Crippen LogP contribution in [0.2, 0.25) is 0 Å². The number of guanidine groups is 1. The van der Waals surface area contributed by atoms with Gasteiger partial charge in [-0.1, -0.05) is 5.16 Å². The number of hydrogen-bond donors (Lipinski definition) is 2. The lowest BCUT2D eigenvalue weighted by atomic mass is 10.3. The number of aromatic nitrogens is 1. The fraction of sp³-hybridized carbons (Fsp3) is 0.444. The zero-order valence-electron chi connectivity index (χ0n) is 16.3. The Morgan fingerprint density at radius 1 is 1.21 bits per heavy atom. The van der Waals surface area contributed by atoms with Gasteiger partial charge in [-0.3, -0.25) is 20.0 Å². The molecule has 0 aliphatic carbocycles. The van der Waals surface area contributed by atoms with Crippen LogP contribution in [0.4, 0.5) is 11.4 Å². The Morgan fingerprint density at radius 2 is 1.93 bits per heavy atom. The molecule has 0 unspecified atom stereocenters. The first-order valence-corrected chi connectivity index (χ1v) is 9.21. The van der Waals surface area contributed by atoms with Gasteiger partial charge in [0.1, 0.15) is 6.26 Å². The second-order valence-corrected chi connectivity index (χ2v) is 6.46. The van der Waals surface area contributed by atoms with Gasteiger partial charge in [0.05, 0.1) is 10.6 Å². The molecule has 11 heteroatoms. The van der Waals surface area contributed by atoms with Gasteiger partial charge in [0.15, 0.2) is 5.96 Å². The highest BCUT2D eigenvalue weighted by molar-refractivity contribution is 14.0. The zero-order chi connectivity index (χ0) is 19.8. The number of anilines is 1. The molecule has 0 amide bonds. The Hall–Kier alpha value is -2.41. The highest BCUT2D eigenvalue weighted by atomic mass is 127. The molecule has 158 valence electrons. The molecule has 10 nitrogen and oxygen atoms in total. The van der Waals surface area contributed by atoms with Crippen LogP contribution in [-0.2, 0) is 6.54 Å². The van der Waals surface area contributed by atoms with E-state index in [0.717, 1.165) is 50.1 Å². The summed E-state index contributed by atoms with van der Waals surface area (Å²) in [6.07, 6.45) is 1.60. The second kappa shape index (κ2) is 11.6. The molecule has 2 heterocycles. The first-order valence-electron chi connectivity index (χ1n) is 9.21. The minimum Gasteiger partial charge on any atom is -0.383 e. The van der Waals surface area contributed by atoms with Crippen LogP contribution in [-0.4, -0.2) is 72.2 Å². The standard InChI is InChI=1S/C18H25N7O3.HI/c1-19-18(21-8-7-20-15-2-4-17(5-3-15)25(26)27)24-11-9-23(10-12-24)14-16-6-13-28-22-16;/h2-6,13,20H,7-12,14H2,1H3,(H,19,21);1H. The number of nitrogens with zero attached hydrogens (tertiary/aromatic N) is 5. The molecule has 0 radical (unpaired) electrons. The van der Waals surface area contributed by atoms with Crippen LogP contribution >= 0.6 is 24.0 Å². The summed E-state index contributed by atoms with van der Waals surface area (Å²) in [7, 11) is 1.79. The molecule has 1 fully saturated rings. The lowest BCUT2D eigenvalue weighted by molar-refractivity contribution is -0.384. The predicted molar refractivity (Wildman–Crippen MR) is 122 cm³/mol. The van der Waals surface area contributed by atoms with E-state index in [4.69, 9.17) is 4.52 Å². The van der Waals surface area contributed by atoms with Gasteiger partial charge in [-0.15, -0.1) is 24.0 Å². The lowest BCUT2D eigenvalue weighted by Gasteiger charge is -2.36. The third-order valence-corrected chi connectivity index (χ3v) is 4.58. The van der Waals surface area contributed by atoms with Crippen molar-refractivity contribution in [2.45, 2.75) is 6.54 Å². The van der Waals surface area contributed by atoms with E-state index in [9.17, 15) is 10.1 Å². The Bertz CT molecular complexity index is 775. The number of benzene rings is 1. The quantitative estimate of drug-likeness (QED) is 0.144. The normalized spacial score (nSPS) is 14.9. The average Bonchev–Trinajstić information content (AvgIpc) is 3.22. The number of piperazine rings is 1. The Balaban J connectivity index is 0.00000300. The number of nitro benzene ring substituents is 1. The molecule has 2 N–H and O–H groups in total. The summed E-state index contributed by atoms with van der Waals surface area (Å²) in [5, 5.41) is 21.2. The smallest absolute Gasteiger partial charge is 0.269 e. The van der Waals surface area contributed by atoms with Crippen molar-refractivity contribution in [2.75, 3.05) is 51.6 Å². The van der Waals surface area contributed by atoms with E-state index >= 15 is 0 Å². The monoisotopic (exact) mass is 515 g/mol. The van der Waals surface area contributed by atoms with Gasteiger partial charge in [0.2, 0.25) is 0 Å². The fourth-order valence-electron chi connectivity index (χ4n) is 3.08. The van der Waals surface area contributed by atoms with Crippen LogP contribution in [0, 0.1) is 10.1 Å². The molecular formula is C18H26IN7O3. The second-order valence-electron chi connectivity index (χ2n) is 6.46. The van der Waals surface area contributed by atoms with Crippen LogP contribution in [0.5, 0.6) is 0 Å². The van der Waals surface area contributed by atoms with E-state index in [2.05, 4.69) is 30.6 Å². The molecule has 1 saturated heterocycles. The van der Waals surface area contributed by atoms with Crippen molar-refractivity contribution in [3.63, 3.8) is 0 Å². The van der Waals surface area contributed by atoms with Gasteiger partial charge in [-0.2, -0.15) is 0 Å². The largest absolute Gasteiger partial charge is 0.383 e. The van der Waals surface area contributed by atoms with Gasteiger partial charge in [-0.25, -0.2) is 0 Å². The molecule has 1 aromatic carbocycles. The van der Waals surface area contributed by atoms with E-state index in [-0.39, 0.29) is 29.7 Å². The number of non-ortho nitro benzene ring substituents is 1. The lowest BCUT2D eigenvalue weighted by Crippen LogP contribution is -2.52. The highest BCUT2D eigenvalue weighted by Crippen LogP contribution is 2.15. The molecule has 0 atom stereocenters. The van der Waals surface area contributed by atoms with Gasteiger partial charge < -0.3 is 20.1 Å². The summed E-state index contributed by atoms with van der Waals surface area (Å²) in [4.78, 5) is 19.2. The summed E-state index contributed by atoms with van der Waals surface area (Å²) in [5.41, 5.74) is 1.89.